The van der Waals surface area contributed by atoms with Crippen LogP contribution in [0.1, 0.15) is 117 Å². The van der Waals surface area contributed by atoms with Crippen molar-refractivity contribution in [3.8, 4) is 0 Å². The fraction of sp³-hybridized carbons (Fsp3) is 0.815. The highest BCUT2D eigenvalue weighted by molar-refractivity contribution is 6.37. The summed E-state index contributed by atoms with van der Waals surface area (Å²) in [5.41, 5.74) is -4.85. The van der Waals surface area contributed by atoms with Gasteiger partial charge < -0.3 is 26.6 Å². The third kappa shape index (κ3) is 6.26. The van der Waals surface area contributed by atoms with E-state index in [1.165, 1.54) is 19.2 Å². The molecule has 1 heterocycles. The molecule has 5 N–H and O–H groups in total. The smallest absolute Gasteiger partial charge is 0.315 e. The third-order valence-electron chi connectivity index (χ3n) is 6.47. The first-order valence-corrected chi connectivity index (χ1v) is 10.8. The van der Waals surface area contributed by atoms with Gasteiger partial charge in [-0.1, -0.05) is 53.5 Å². The Morgan fingerprint density at radius 3 is 2.35 bits per heavy atom. The first-order chi connectivity index (χ1) is 27.7. The number of nitrogens with two attached hydrogens (primary N) is 1. The van der Waals surface area contributed by atoms with E-state index < -0.39 is 155 Å². The van der Waals surface area contributed by atoms with E-state index in [0.29, 0.717) is 0 Å². The summed E-state index contributed by atoms with van der Waals surface area (Å²) in [5.74, 6) is -14.4. The standard InChI is InChI=1S/C27H45N5O5/c1-25(2,3)20(30-24(37)31-26(4,5)6)23(36)32-13-15-17(27(15,7)8)18(32)22(35)29-16(19(33)21(28)34)12-14-10-9-11-14/h14-18,20H,9-13H2,1-8H3,(H2,28,34)(H,29,35)(H2,30,31,37)/t15-,16-,17-,18-,20+/m0/s1/i1D3,2D3,3D3,4D3,5D3,6D3,9D2,10D2,11D2,12D2,14D. The largest absolute Gasteiger partial charge is 0.363 e. The summed E-state index contributed by atoms with van der Waals surface area (Å²) in [6.07, 6.45) is -15.5. The minimum Gasteiger partial charge on any atom is -0.363 e. The number of hydrogen-bond acceptors (Lipinski definition) is 5. The molecule has 5 amide bonds. The lowest BCUT2D eigenvalue weighted by Crippen LogP contribution is -2.62. The van der Waals surface area contributed by atoms with E-state index in [9.17, 15) is 24.0 Å². The van der Waals surface area contributed by atoms with Gasteiger partial charge in [-0.2, -0.15) is 0 Å². The highest BCUT2D eigenvalue weighted by Gasteiger charge is 2.70. The van der Waals surface area contributed by atoms with Crippen LogP contribution in [0.4, 0.5) is 4.79 Å². The summed E-state index contributed by atoms with van der Waals surface area (Å²) in [4.78, 5) is 68.9. The number of rotatable bonds is 8. The number of urea groups is 1. The van der Waals surface area contributed by atoms with Crippen molar-refractivity contribution in [2.75, 3.05) is 6.54 Å². The molecule has 0 spiro atoms. The molecule has 5 atom stereocenters. The lowest BCUT2D eigenvalue weighted by molar-refractivity contribution is -0.145. The van der Waals surface area contributed by atoms with E-state index in [4.69, 9.17) is 42.7 Å². The Morgan fingerprint density at radius 2 is 1.78 bits per heavy atom. The van der Waals surface area contributed by atoms with Gasteiger partial charge >= 0.3 is 6.03 Å². The van der Waals surface area contributed by atoms with Gasteiger partial charge in [0.05, 0.1) is 6.04 Å². The van der Waals surface area contributed by atoms with Crippen molar-refractivity contribution in [1.29, 1.82) is 0 Å². The van der Waals surface area contributed by atoms with Crippen LogP contribution >= 0.6 is 0 Å². The van der Waals surface area contributed by atoms with Crippen LogP contribution in [0.5, 0.6) is 0 Å². The zero-order chi connectivity index (χ0) is 51.2. The Balaban J connectivity index is 2.37. The highest BCUT2D eigenvalue weighted by Crippen LogP contribution is 2.65. The zero-order valence-electron chi connectivity index (χ0n) is 46.7. The number of Topliss-reactive ketones (excluding diaryl/α,β-unsaturated/α-hetero) is 1. The van der Waals surface area contributed by atoms with Crippen LogP contribution in [-0.2, 0) is 19.2 Å². The van der Waals surface area contributed by atoms with E-state index >= 15 is 0 Å². The Morgan fingerprint density at radius 1 is 1.14 bits per heavy atom. The first kappa shape index (κ1) is 9.52. The molecule has 10 heteroatoms. The molecule has 3 rings (SSSR count). The molecule has 1 aliphatic heterocycles. The van der Waals surface area contributed by atoms with Gasteiger partial charge in [0.15, 0.2) is 0 Å². The van der Waals surface area contributed by atoms with E-state index in [1.54, 1.807) is 5.32 Å². The van der Waals surface area contributed by atoms with Crippen LogP contribution in [0.2, 0.25) is 0 Å². The molecular formula is C27H45N5O5. The molecule has 0 aromatic heterocycles. The van der Waals surface area contributed by atoms with Crippen molar-refractivity contribution in [1.82, 2.24) is 20.9 Å². The molecule has 3 fully saturated rings. The second-order valence-electron chi connectivity index (χ2n) is 9.54. The van der Waals surface area contributed by atoms with Crippen molar-refractivity contribution >= 4 is 29.5 Å². The number of primary amides is 1. The number of carbonyl (C=O) groups is 5. The number of nitrogens with one attached hydrogen (secondary N) is 3. The van der Waals surface area contributed by atoms with Crippen LogP contribution in [0.25, 0.3) is 0 Å². The van der Waals surface area contributed by atoms with Gasteiger partial charge in [0.2, 0.25) is 17.6 Å². The molecule has 0 aromatic rings. The molecule has 208 valence electrons. The molecular weight excluding hydrogens is 474 g/mol. The van der Waals surface area contributed by atoms with Crippen LogP contribution in [-0.4, -0.2) is 64.6 Å². The Labute approximate surface area is 258 Å². The number of amides is 5. The summed E-state index contributed by atoms with van der Waals surface area (Å²) in [6.45, 7) is -24.0. The molecule has 1 saturated heterocycles. The Kier molecular flexibility index (Phi) is 2.55. The maximum Gasteiger partial charge on any atom is 0.315 e. The van der Waals surface area contributed by atoms with Crippen molar-refractivity contribution in [2.45, 2.75) is 104 Å². The van der Waals surface area contributed by atoms with Gasteiger partial charge in [0.25, 0.3) is 5.91 Å². The highest BCUT2D eigenvalue weighted by atomic mass is 16.2. The fourth-order valence-corrected chi connectivity index (χ4v) is 4.55. The molecule has 2 aliphatic carbocycles. The van der Waals surface area contributed by atoms with E-state index in [1.807, 2.05) is 0 Å². The summed E-state index contributed by atoms with van der Waals surface area (Å²) >= 11 is 0. The second-order valence-corrected chi connectivity index (χ2v) is 9.54. The van der Waals surface area contributed by atoms with Crippen LogP contribution in [0, 0.1) is 28.6 Å². The third-order valence-corrected chi connectivity index (χ3v) is 6.47. The lowest BCUT2D eigenvalue weighted by atomic mass is 9.80. The molecule has 10 nitrogen and oxygen atoms in total. The summed E-state index contributed by atoms with van der Waals surface area (Å²) in [7, 11) is 0. The quantitative estimate of drug-likeness (QED) is 0.342. The van der Waals surface area contributed by atoms with E-state index in [2.05, 4.69) is 0 Å². The van der Waals surface area contributed by atoms with Gasteiger partial charge in [0.1, 0.15) is 12.1 Å². The predicted molar refractivity (Wildman–Crippen MR) is 139 cm³/mol. The molecule has 0 aromatic carbocycles. The van der Waals surface area contributed by atoms with Gasteiger partial charge in [-0.25, -0.2) is 4.79 Å². The maximum absolute atomic E-state index is 14.9. The van der Waals surface area contributed by atoms with Gasteiger partial charge in [-0.3, -0.25) is 19.2 Å². The summed E-state index contributed by atoms with van der Waals surface area (Å²) in [6, 6.07) is -11.5. The fourth-order valence-electron chi connectivity index (χ4n) is 4.55. The first-order valence-electron chi connectivity index (χ1n) is 24.3. The van der Waals surface area contributed by atoms with E-state index in [-0.39, 0.29) is 4.90 Å². The number of fused-ring (bicyclic) bond motifs is 1. The van der Waals surface area contributed by atoms with E-state index in [0.717, 1.165) is 5.32 Å². The minimum absolute atomic E-state index is 0.238. The minimum atomic E-state index is -4.53. The molecule has 0 bridgehead atoms. The van der Waals surface area contributed by atoms with Crippen LogP contribution in [0.3, 0.4) is 0 Å². The van der Waals surface area contributed by atoms with Crippen molar-refractivity contribution in [2.24, 2.45) is 34.3 Å². The Bertz CT molecular complexity index is 1840. The molecule has 0 unspecified atom stereocenters. The molecule has 2 saturated carbocycles. The predicted octanol–water partition coefficient (Wildman–Crippen LogP) is 1.71. The lowest BCUT2D eigenvalue weighted by Gasteiger charge is -2.38. The topological polar surface area (TPSA) is 151 Å². The van der Waals surface area contributed by atoms with Crippen molar-refractivity contribution in [3.63, 3.8) is 0 Å². The van der Waals surface area contributed by atoms with Crippen LogP contribution in [0.15, 0.2) is 0 Å². The zero-order valence-corrected chi connectivity index (χ0v) is 19.7. The average Bonchev–Trinajstić information content (AvgIpc) is 3.35. The number of piperidine rings is 1. The monoisotopic (exact) mass is 547 g/mol. The number of nitrogens with zero attached hydrogens (tertiary/aromatic N) is 1. The second kappa shape index (κ2) is 9.91. The number of carbonyl (C=O) groups excluding carboxylic acids is 5. The molecule has 37 heavy (non-hydrogen) atoms. The summed E-state index contributed by atoms with van der Waals surface area (Å²) < 4.78 is 219. The average molecular weight is 547 g/mol. The number of hydrogen-bond donors (Lipinski definition) is 4. The number of ketones is 1. The normalized spacial score (nSPS) is 44.4. The molecule has 0 radical (unpaired) electrons. The SMILES string of the molecule is [2H]C([2H])([2H])C(NC(=O)N[C@H](C(=O)N1C[C@H]2[C@@H]([C@H]1C(=O)N[C@H](C(=O)C(N)=O)C([2H])([2H])C1([2H])C([2H])([2H])C([2H])([2H])C1([2H])[2H])C2(C)C)C(C([2H])([2H])[2H])(C([2H])([2H])[2H])C([2H])([2H])[2H])(C([2H])([2H])[2H])C([2H])([2H])[2H]. The van der Waals surface area contributed by atoms with Gasteiger partial charge in [-0.05, 0) is 55.5 Å². The van der Waals surface area contributed by atoms with Gasteiger partial charge in [-0.15, -0.1) is 0 Å². The van der Waals surface area contributed by atoms with Gasteiger partial charge in [0, 0.05) is 49.1 Å². The summed E-state index contributed by atoms with van der Waals surface area (Å²) in [5, 5.41) is 4.21. The molecule has 3 aliphatic rings. The van der Waals surface area contributed by atoms with Crippen molar-refractivity contribution in [3.05, 3.63) is 0 Å². The maximum atomic E-state index is 14.9. The van der Waals surface area contributed by atoms with Crippen LogP contribution < -0.4 is 21.7 Å². The number of likely N-dealkylation sites (tertiary alicyclic amines) is 1. The Hall–Kier alpha value is -2.65. The van der Waals surface area contributed by atoms with Crippen molar-refractivity contribution < 1.29 is 61.0 Å².